The first-order valence-corrected chi connectivity index (χ1v) is 17.3. The van der Waals surface area contributed by atoms with E-state index in [2.05, 4.69) is 71.4 Å². The lowest BCUT2D eigenvalue weighted by Gasteiger charge is -2.42. The van der Waals surface area contributed by atoms with Crippen molar-refractivity contribution in [1.82, 2.24) is 24.8 Å². The van der Waals surface area contributed by atoms with Crippen molar-refractivity contribution in [2.24, 2.45) is 5.92 Å². The van der Waals surface area contributed by atoms with Gasteiger partial charge in [-0.05, 0) is 51.6 Å². The van der Waals surface area contributed by atoms with Gasteiger partial charge in [-0.15, -0.1) is 11.8 Å². The number of carbonyl (C=O) groups is 1. The van der Waals surface area contributed by atoms with Gasteiger partial charge in [-0.25, -0.2) is 4.39 Å². The molecule has 0 N–H and O–H groups in total. The Morgan fingerprint density at radius 3 is 2.83 bits per heavy atom. The Balaban J connectivity index is 1.18. The van der Waals surface area contributed by atoms with Crippen LogP contribution in [0.4, 0.5) is 15.9 Å². The second kappa shape index (κ2) is 12.6. The van der Waals surface area contributed by atoms with Crippen LogP contribution in [0.5, 0.6) is 6.01 Å². The molecule has 1 amide bonds. The fourth-order valence-corrected chi connectivity index (χ4v) is 8.26. The number of rotatable bonds is 10. The van der Waals surface area contributed by atoms with Crippen molar-refractivity contribution in [2.45, 2.75) is 62.2 Å². The Bertz CT molecular complexity index is 1760. The quantitative estimate of drug-likeness (QED) is 0.222. The van der Waals surface area contributed by atoms with Crippen molar-refractivity contribution in [2.75, 3.05) is 56.2 Å². The predicted molar refractivity (Wildman–Crippen MR) is 182 cm³/mol. The van der Waals surface area contributed by atoms with Gasteiger partial charge in [-0.3, -0.25) is 14.7 Å². The Kier molecular flexibility index (Phi) is 8.47. The van der Waals surface area contributed by atoms with Gasteiger partial charge < -0.3 is 19.4 Å². The topological polar surface area (TPSA) is 102 Å². The summed E-state index contributed by atoms with van der Waals surface area (Å²) in [7, 11) is 2.21. The monoisotopic (exact) mass is 656 g/mol. The standard InChI is InChI=1S/C35H41FN8O2S/c1-22-6-5-7-25-16-38-17-29(31(22)25)42-13-11-27-28(20-42)39-34(46-21-30-35(3,47-30)41(4)18-24-8-9-24)40-32(27)43-14-15-44(33(45)23(2)36)26(19-43)10-12-37/h5-7,16-17,24,26,30H,2,8-11,13-15,18-21H2,1,3-4H3/t26-,30?,35-/m0/s1. The van der Waals surface area contributed by atoms with E-state index >= 15 is 0 Å². The average molecular weight is 657 g/mol. The van der Waals surface area contributed by atoms with E-state index in [0.717, 1.165) is 47.2 Å². The van der Waals surface area contributed by atoms with Crippen LogP contribution < -0.4 is 14.5 Å². The van der Waals surface area contributed by atoms with Crippen LogP contribution in [0.25, 0.3) is 10.8 Å². The number of aromatic nitrogens is 3. The smallest absolute Gasteiger partial charge is 0.318 e. The second-order valence-corrected chi connectivity index (χ2v) is 15.1. The Labute approximate surface area is 279 Å². The molecule has 0 radical (unpaired) electrons. The first kappa shape index (κ1) is 31.6. The molecule has 0 bridgehead atoms. The fourth-order valence-electron chi connectivity index (χ4n) is 7.11. The van der Waals surface area contributed by atoms with E-state index in [1.807, 2.05) is 24.2 Å². The molecule has 12 heteroatoms. The molecule has 1 saturated carbocycles. The highest BCUT2D eigenvalue weighted by molar-refractivity contribution is 8.08. The predicted octanol–water partition coefficient (Wildman–Crippen LogP) is 4.86. The van der Waals surface area contributed by atoms with Crippen LogP contribution in [0.2, 0.25) is 0 Å². The molecule has 3 fully saturated rings. The molecule has 246 valence electrons. The lowest BCUT2D eigenvalue weighted by atomic mass is 10.0. The zero-order chi connectivity index (χ0) is 32.9. The number of benzene rings is 1. The average Bonchev–Trinajstić information content (AvgIpc) is 4.00. The highest BCUT2D eigenvalue weighted by atomic mass is 32.2. The molecule has 7 rings (SSSR count). The van der Waals surface area contributed by atoms with Crippen molar-refractivity contribution in [3.8, 4) is 12.1 Å². The minimum atomic E-state index is -1.01. The maximum atomic E-state index is 13.9. The van der Waals surface area contributed by atoms with Gasteiger partial charge in [0.25, 0.3) is 5.91 Å². The second-order valence-electron chi connectivity index (χ2n) is 13.4. The van der Waals surface area contributed by atoms with Gasteiger partial charge >= 0.3 is 6.01 Å². The van der Waals surface area contributed by atoms with Crippen LogP contribution in [0.1, 0.15) is 43.0 Å². The molecule has 10 nitrogen and oxygen atoms in total. The van der Waals surface area contributed by atoms with Gasteiger partial charge in [0, 0.05) is 55.3 Å². The van der Waals surface area contributed by atoms with E-state index in [4.69, 9.17) is 14.7 Å². The largest absolute Gasteiger partial charge is 0.462 e. The van der Waals surface area contributed by atoms with Crippen LogP contribution in [-0.2, 0) is 17.8 Å². The van der Waals surface area contributed by atoms with Crippen LogP contribution in [0.3, 0.4) is 0 Å². The van der Waals surface area contributed by atoms with Gasteiger partial charge in [-0.2, -0.15) is 15.2 Å². The van der Waals surface area contributed by atoms with E-state index in [9.17, 15) is 14.4 Å². The number of aryl methyl sites for hydroxylation is 1. The number of carbonyl (C=O) groups excluding carboxylic acids is 1. The van der Waals surface area contributed by atoms with Gasteiger partial charge in [0.1, 0.15) is 12.4 Å². The Morgan fingerprint density at radius 1 is 1.23 bits per heavy atom. The fraction of sp³-hybridized carbons (Fsp3) is 0.514. The molecule has 5 heterocycles. The molecule has 4 aliphatic rings. The Hall–Kier alpha value is -3.95. The summed E-state index contributed by atoms with van der Waals surface area (Å²) in [5.41, 5.74) is 4.21. The molecule has 0 spiro atoms. The third-order valence-corrected chi connectivity index (χ3v) is 11.9. The van der Waals surface area contributed by atoms with Crippen molar-refractivity contribution in [3.05, 3.63) is 59.8 Å². The molecule has 1 aromatic carbocycles. The summed E-state index contributed by atoms with van der Waals surface area (Å²) in [6.07, 6.45) is 7.28. The number of amides is 1. The molecule has 1 unspecified atom stereocenters. The summed E-state index contributed by atoms with van der Waals surface area (Å²) in [6, 6.07) is 8.30. The van der Waals surface area contributed by atoms with Crippen molar-refractivity contribution in [1.29, 1.82) is 5.26 Å². The number of hydrogen-bond donors (Lipinski definition) is 0. The van der Waals surface area contributed by atoms with E-state index in [0.29, 0.717) is 43.9 Å². The zero-order valence-electron chi connectivity index (χ0n) is 27.3. The van der Waals surface area contributed by atoms with Crippen LogP contribution in [0, 0.1) is 24.2 Å². The van der Waals surface area contributed by atoms with Gasteiger partial charge in [0.15, 0.2) is 5.83 Å². The first-order chi connectivity index (χ1) is 22.7. The number of ether oxygens (including phenoxy) is 1. The van der Waals surface area contributed by atoms with Gasteiger partial charge in [-0.1, -0.05) is 24.8 Å². The number of hydrogen-bond acceptors (Lipinski definition) is 10. The lowest BCUT2D eigenvalue weighted by Crippen LogP contribution is -2.55. The number of fused-ring (bicyclic) bond motifs is 2. The molecule has 3 aromatic rings. The summed E-state index contributed by atoms with van der Waals surface area (Å²) in [4.78, 5) is 35.5. The van der Waals surface area contributed by atoms with E-state index < -0.39 is 17.8 Å². The van der Waals surface area contributed by atoms with Crippen LogP contribution in [-0.4, -0.2) is 93.2 Å². The zero-order valence-corrected chi connectivity index (χ0v) is 28.1. The summed E-state index contributed by atoms with van der Waals surface area (Å²) < 4.78 is 20.3. The number of halogens is 1. The summed E-state index contributed by atoms with van der Waals surface area (Å²) >= 11 is 1.92. The molecule has 3 atom stereocenters. The van der Waals surface area contributed by atoms with Crippen molar-refractivity contribution >= 4 is 39.9 Å². The third kappa shape index (κ3) is 6.23. The van der Waals surface area contributed by atoms with Crippen molar-refractivity contribution < 1.29 is 13.9 Å². The minimum absolute atomic E-state index is 0.0451. The summed E-state index contributed by atoms with van der Waals surface area (Å²) in [6.45, 7) is 11.6. The molecular weight excluding hydrogens is 616 g/mol. The van der Waals surface area contributed by atoms with Crippen LogP contribution in [0.15, 0.2) is 43.0 Å². The SMILES string of the molecule is C=C(F)C(=O)N1CCN(c2nc(OCC3S[C@]3(C)N(C)CC3CC3)nc3c2CCN(c2cncc4cccc(C)c24)C3)C[C@@H]1CC#N. The van der Waals surface area contributed by atoms with Crippen LogP contribution >= 0.6 is 11.8 Å². The highest BCUT2D eigenvalue weighted by Crippen LogP contribution is 2.55. The molecule has 2 saturated heterocycles. The first-order valence-electron chi connectivity index (χ1n) is 16.4. The van der Waals surface area contributed by atoms with Gasteiger partial charge in [0.05, 0.1) is 52.8 Å². The number of piperazine rings is 1. The molecule has 2 aromatic heterocycles. The van der Waals surface area contributed by atoms with E-state index in [1.54, 1.807) is 0 Å². The third-order valence-electron chi connectivity index (χ3n) is 10.2. The van der Waals surface area contributed by atoms with E-state index in [-0.39, 0.29) is 17.8 Å². The maximum absolute atomic E-state index is 13.9. The summed E-state index contributed by atoms with van der Waals surface area (Å²) in [5, 5.41) is 12.2. The minimum Gasteiger partial charge on any atom is -0.462 e. The number of nitrogens with zero attached hydrogens (tertiary/aromatic N) is 8. The highest BCUT2D eigenvalue weighted by Gasteiger charge is 2.55. The van der Waals surface area contributed by atoms with Crippen molar-refractivity contribution in [3.63, 3.8) is 0 Å². The van der Waals surface area contributed by atoms with E-state index in [1.165, 1.54) is 28.7 Å². The number of thioether (sulfide) groups is 1. The number of anilines is 2. The molecular formula is C35H41FN8O2S. The molecule has 1 aliphatic carbocycles. The lowest BCUT2D eigenvalue weighted by molar-refractivity contribution is -0.131. The molecule has 47 heavy (non-hydrogen) atoms. The maximum Gasteiger partial charge on any atom is 0.318 e. The normalized spacial score (nSPS) is 23.9. The number of nitriles is 1. The summed E-state index contributed by atoms with van der Waals surface area (Å²) in [5.74, 6) is -0.186. The Morgan fingerprint density at radius 2 is 2.06 bits per heavy atom. The van der Waals surface area contributed by atoms with Gasteiger partial charge in [0.2, 0.25) is 0 Å². The number of pyridine rings is 1. The molecule has 3 aliphatic heterocycles.